The van der Waals surface area contributed by atoms with E-state index in [-0.39, 0.29) is 0 Å². The van der Waals surface area contributed by atoms with Crippen LogP contribution in [0.25, 0.3) is 33.1 Å². The summed E-state index contributed by atoms with van der Waals surface area (Å²) in [5, 5.41) is 2.33. The summed E-state index contributed by atoms with van der Waals surface area (Å²) < 4.78 is 6.02. The number of fused-ring (bicyclic) bond motifs is 3. The molecule has 89 valence electrons. The fourth-order valence-electron chi connectivity index (χ4n) is 2.54. The molecular formula is C18H11O. The van der Waals surface area contributed by atoms with Crippen LogP contribution in [0.2, 0.25) is 0 Å². The monoisotopic (exact) mass is 243 g/mol. The van der Waals surface area contributed by atoms with Crippen molar-refractivity contribution < 1.29 is 4.42 Å². The lowest BCUT2D eigenvalue weighted by Gasteiger charge is -2.01. The number of benzene rings is 3. The summed E-state index contributed by atoms with van der Waals surface area (Å²) in [5.41, 5.74) is 4.13. The van der Waals surface area contributed by atoms with E-state index in [2.05, 4.69) is 36.4 Å². The van der Waals surface area contributed by atoms with Gasteiger partial charge in [-0.25, -0.2) is 0 Å². The minimum Gasteiger partial charge on any atom is -0.455 e. The second kappa shape index (κ2) is 3.99. The van der Waals surface area contributed by atoms with Crippen LogP contribution < -0.4 is 0 Å². The molecule has 1 radical (unpaired) electrons. The first-order valence-corrected chi connectivity index (χ1v) is 6.30. The maximum absolute atomic E-state index is 6.02. The molecule has 1 nitrogen and oxygen atoms in total. The highest BCUT2D eigenvalue weighted by Crippen LogP contribution is 2.35. The van der Waals surface area contributed by atoms with Gasteiger partial charge in [0.15, 0.2) is 0 Å². The fraction of sp³-hybridized carbons (Fsp3) is 0. The Balaban J connectivity index is 2.13. The smallest absolute Gasteiger partial charge is 0.143 e. The molecule has 1 heterocycles. The van der Waals surface area contributed by atoms with E-state index in [0.29, 0.717) is 0 Å². The number of furan rings is 1. The molecule has 0 aliphatic carbocycles. The van der Waals surface area contributed by atoms with Gasteiger partial charge in [0, 0.05) is 16.3 Å². The largest absolute Gasteiger partial charge is 0.455 e. The first-order chi connectivity index (χ1) is 9.43. The molecule has 0 amide bonds. The first kappa shape index (κ1) is 10.4. The molecule has 0 aliphatic heterocycles. The Bertz CT molecular complexity index is 857. The zero-order valence-corrected chi connectivity index (χ0v) is 10.3. The first-order valence-electron chi connectivity index (χ1n) is 6.30. The Kier molecular flexibility index (Phi) is 2.18. The van der Waals surface area contributed by atoms with Crippen LogP contribution in [-0.2, 0) is 0 Å². The van der Waals surface area contributed by atoms with Gasteiger partial charge >= 0.3 is 0 Å². The predicted molar refractivity (Wildman–Crippen MR) is 78.0 cm³/mol. The normalized spacial score (nSPS) is 11.2. The Morgan fingerprint density at radius 3 is 2.58 bits per heavy atom. The molecule has 0 bridgehead atoms. The zero-order chi connectivity index (χ0) is 12.7. The third-order valence-electron chi connectivity index (χ3n) is 3.42. The summed E-state index contributed by atoms with van der Waals surface area (Å²) in [6, 6.07) is 25.5. The number of hydrogen-bond acceptors (Lipinski definition) is 1. The topological polar surface area (TPSA) is 13.1 Å². The van der Waals surface area contributed by atoms with Crippen molar-refractivity contribution in [3.63, 3.8) is 0 Å². The molecule has 0 unspecified atom stereocenters. The minimum atomic E-state index is 0.935. The van der Waals surface area contributed by atoms with Crippen LogP contribution in [-0.4, -0.2) is 0 Å². The molecule has 3 aromatic carbocycles. The van der Waals surface area contributed by atoms with Gasteiger partial charge < -0.3 is 4.42 Å². The van der Waals surface area contributed by atoms with Crippen LogP contribution in [0.1, 0.15) is 0 Å². The molecule has 0 saturated heterocycles. The van der Waals surface area contributed by atoms with Crippen molar-refractivity contribution in [3.05, 3.63) is 72.8 Å². The van der Waals surface area contributed by atoms with E-state index in [1.165, 1.54) is 5.39 Å². The van der Waals surface area contributed by atoms with Crippen molar-refractivity contribution in [2.75, 3.05) is 0 Å². The van der Waals surface area contributed by atoms with Crippen LogP contribution in [0, 0.1) is 6.07 Å². The van der Waals surface area contributed by atoms with E-state index in [1.807, 2.05) is 36.4 Å². The van der Waals surface area contributed by atoms with E-state index >= 15 is 0 Å². The third kappa shape index (κ3) is 1.55. The third-order valence-corrected chi connectivity index (χ3v) is 3.42. The highest BCUT2D eigenvalue weighted by Gasteiger charge is 2.10. The van der Waals surface area contributed by atoms with Crippen molar-refractivity contribution in [3.8, 4) is 11.1 Å². The molecule has 19 heavy (non-hydrogen) atoms. The highest BCUT2D eigenvalue weighted by molar-refractivity contribution is 6.09. The van der Waals surface area contributed by atoms with Crippen molar-refractivity contribution in [2.45, 2.75) is 0 Å². The summed E-state index contributed by atoms with van der Waals surface area (Å²) in [4.78, 5) is 0. The molecule has 0 aliphatic rings. The van der Waals surface area contributed by atoms with Gasteiger partial charge in [0.1, 0.15) is 11.2 Å². The zero-order valence-electron chi connectivity index (χ0n) is 10.3. The van der Waals surface area contributed by atoms with Gasteiger partial charge in [-0.15, -0.1) is 0 Å². The number of hydrogen-bond donors (Lipinski definition) is 0. The summed E-state index contributed by atoms with van der Waals surface area (Å²) >= 11 is 0. The summed E-state index contributed by atoms with van der Waals surface area (Å²) in [6.07, 6.45) is 0. The Labute approximate surface area is 111 Å². The van der Waals surface area contributed by atoms with Crippen molar-refractivity contribution >= 4 is 21.9 Å². The van der Waals surface area contributed by atoms with Gasteiger partial charge in [-0.3, -0.25) is 0 Å². The van der Waals surface area contributed by atoms with Gasteiger partial charge in [-0.2, -0.15) is 0 Å². The molecular weight excluding hydrogens is 232 g/mol. The van der Waals surface area contributed by atoms with Crippen LogP contribution >= 0.6 is 0 Å². The number of rotatable bonds is 1. The van der Waals surface area contributed by atoms with E-state index < -0.39 is 0 Å². The predicted octanol–water partition coefficient (Wildman–Crippen LogP) is 5.05. The van der Waals surface area contributed by atoms with E-state index in [9.17, 15) is 0 Å². The second-order valence-corrected chi connectivity index (χ2v) is 4.57. The van der Waals surface area contributed by atoms with Crippen LogP contribution in [0.15, 0.2) is 71.1 Å². The molecule has 4 rings (SSSR count). The standard InChI is InChI=1S/C18H11O/c1-2-7-13(8-3-1)14-10-6-11-16-15-9-4-5-12-17(15)19-18(14)16/h1-2,4-12H. The average Bonchev–Trinajstić information content (AvgIpc) is 2.87. The molecule has 0 N–H and O–H groups in total. The second-order valence-electron chi connectivity index (χ2n) is 4.57. The fourth-order valence-corrected chi connectivity index (χ4v) is 2.54. The van der Waals surface area contributed by atoms with E-state index in [0.717, 1.165) is 27.7 Å². The SMILES string of the molecule is [c]1cccc(-c2cccc3c2oc2ccccc23)c1. The Morgan fingerprint density at radius 1 is 0.789 bits per heavy atom. The van der Waals surface area contributed by atoms with Gasteiger partial charge in [-0.05, 0) is 23.8 Å². The average molecular weight is 243 g/mol. The Morgan fingerprint density at radius 2 is 1.68 bits per heavy atom. The lowest BCUT2D eigenvalue weighted by molar-refractivity contribution is 0.670. The van der Waals surface area contributed by atoms with Gasteiger partial charge in [0.05, 0.1) is 0 Å². The van der Waals surface area contributed by atoms with E-state index in [1.54, 1.807) is 0 Å². The quantitative estimate of drug-likeness (QED) is 0.455. The summed E-state index contributed by atoms with van der Waals surface area (Å²) in [5.74, 6) is 0. The van der Waals surface area contributed by atoms with Gasteiger partial charge in [0.25, 0.3) is 0 Å². The molecule has 0 atom stereocenters. The lowest BCUT2D eigenvalue weighted by atomic mass is 10.0. The summed E-state index contributed by atoms with van der Waals surface area (Å²) in [7, 11) is 0. The maximum atomic E-state index is 6.02. The molecule has 0 fully saturated rings. The van der Waals surface area contributed by atoms with Crippen LogP contribution in [0.3, 0.4) is 0 Å². The molecule has 1 heteroatoms. The number of para-hydroxylation sites is 2. The van der Waals surface area contributed by atoms with Gasteiger partial charge in [-0.1, -0.05) is 54.6 Å². The van der Waals surface area contributed by atoms with Gasteiger partial charge in [0.2, 0.25) is 0 Å². The minimum absolute atomic E-state index is 0.935. The van der Waals surface area contributed by atoms with E-state index in [4.69, 9.17) is 4.42 Å². The molecule has 4 aromatic rings. The molecule has 0 saturated carbocycles. The van der Waals surface area contributed by atoms with Crippen molar-refractivity contribution in [2.24, 2.45) is 0 Å². The van der Waals surface area contributed by atoms with Crippen LogP contribution in [0.4, 0.5) is 0 Å². The maximum Gasteiger partial charge on any atom is 0.143 e. The lowest BCUT2D eigenvalue weighted by Crippen LogP contribution is -1.77. The highest BCUT2D eigenvalue weighted by atomic mass is 16.3. The molecule has 1 aromatic heterocycles. The Hall–Kier alpha value is -2.54. The van der Waals surface area contributed by atoms with Crippen molar-refractivity contribution in [1.82, 2.24) is 0 Å². The molecule has 0 spiro atoms. The summed E-state index contributed by atoms with van der Waals surface area (Å²) in [6.45, 7) is 0. The van der Waals surface area contributed by atoms with Crippen LogP contribution in [0.5, 0.6) is 0 Å². The van der Waals surface area contributed by atoms with Crippen molar-refractivity contribution in [1.29, 1.82) is 0 Å².